The molecule has 0 saturated carbocycles. The van der Waals surface area contributed by atoms with Crippen LogP contribution in [0.5, 0.6) is 0 Å². The highest BCUT2D eigenvalue weighted by Crippen LogP contribution is 2.22. The van der Waals surface area contributed by atoms with Crippen molar-refractivity contribution < 1.29 is 14.3 Å². The lowest BCUT2D eigenvalue weighted by Gasteiger charge is -2.18. The predicted octanol–water partition coefficient (Wildman–Crippen LogP) is 2.75. The Bertz CT molecular complexity index is 578. The highest BCUT2D eigenvalue weighted by Gasteiger charge is 2.25. The van der Waals surface area contributed by atoms with Crippen molar-refractivity contribution in [2.24, 2.45) is 0 Å². The largest absolute Gasteiger partial charge is 0.465 e. The van der Waals surface area contributed by atoms with E-state index in [1.54, 1.807) is 12.3 Å². The van der Waals surface area contributed by atoms with Crippen molar-refractivity contribution >= 4 is 27.8 Å². The van der Waals surface area contributed by atoms with Crippen LogP contribution in [-0.4, -0.2) is 23.9 Å². The van der Waals surface area contributed by atoms with Gasteiger partial charge in [-0.15, -0.1) is 0 Å². The number of carbonyl (C=O) groups excluding carboxylic acids is 2. The van der Waals surface area contributed by atoms with Gasteiger partial charge in [-0.2, -0.15) is 0 Å². The average molecular weight is 336 g/mol. The molecule has 0 saturated heterocycles. The Morgan fingerprint density at radius 1 is 1.35 bits per heavy atom. The molecule has 0 radical (unpaired) electrons. The number of allylic oxidation sites excluding steroid dienone is 2. The molecule has 0 aliphatic carbocycles. The number of rotatable bonds is 3. The van der Waals surface area contributed by atoms with Crippen LogP contribution in [-0.2, 0) is 20.9 Å². The number of halogens is 1. The Morgan fingerprint density at radius 2 is 2.05 bits per heavy atom. The summed E-state index contributed by atoms with van der Waals surface area (Å²) in [5.74, 6) is -0.959. The highest BCUT2D eigenvalue weighted by atomic mass is 79.9. The molecule has 20 heavy (non-hydrogen) atoms. The summed E-state index contributed by atoms with van der Waals surface area (Å²) in [6.07, 6.45) is 3.78. The molecule has 1 heterocycles. The third kappa shape index (κ3) is 3.36. The smallest absolute Gasteiger partial charge is 0.343 e. The molecule has 5 heteroatoms. The molecule has 1 aliphatic rings. The van der Waals surface area contributed by atoms with Crippen molar-refractivity contribution in [1.29, 1.82) is 0 Å². The van der Waals surface area contributed by atoms with E-state index in [1.165, 1.54) is 12.0 Å². The first-order chi connectivity index (χ1) is 9.61. The number of amides is 1. The van der Waals surface area contributed by atoms with Crippen LogP contribution in [0.2, 0.25) is 0 Å². The van der Waals surface area contributed by atoms with E-state index < -0.39 is 5.97 Å². The van der Waals surface area contributed by atoms with Gasteiger partial charge in [0.1, 0.15) is 5.57 Å². The van der Waals surface area contributed by atoms with Gasteiger partial charge < -0.3 is 9.64 Å². The molecule has 1 aromatic carbocycles. The second-order valence-corrected chi connectivity index (χ2v) is 5.33. The molecule has 0 unspecified atom stereocenters. The second-order valence-electron chi connectivity index (χ2n) is 4.31. The van der Waals surface area contributed by atoms with Gasteiger partial charge in [0.05, 0.1) is 13.7 Å². The van der Waals surface area contributed by atoms with Gasteiger partial charge in [0.25, 0.3) is 5.91 Å². The van der Waals surface area contributed by atoms with E-state index in [2.05, 4.69) is 20.7 Å². The fourth-order valence-corrected chi connectivity index (χ4v) is 2.31. The summed E-state index contributed by atoms with van der Waals surface area (Å²) < 4.78 is 5.49. The maximum Gasteiger partial charge on any atom is 0.343 e. The first kappa shape index (κ1) is 14.5. The lowest BCUT2D eigenvalue weighted by Crippen LogP contribution is -2.29. The third-order valence-electron chi connectivity index (χ3n) is 2.89. The molecule has 1 amide bonds. The number of nitrogens with zero attached hydrogens (tertiary/aromatic N) is 1. The molecule has 104 valence electrons. The topological polar surface area (TPSA) is 46.6 Å². The van der Waals surface area contributed by atoms with Crippen molar-refractivity contribution in [3.63, 3.8) is 0 Å². The zero-order valence-corrected chi connectivity index (χ0v) is 12.6. The van der Waals surface area contributed by atoms with Gasteiger partial charge in [0, 0.05) is 10.7 Å². The van der Waals surface area contributed by atoms with Gasteiger partial charge in [-0.25, -0.2) is 4.79 Å². The van der Waals surface area contributed by atoms with Gasteiger partial charge in [0.2, 0.25) is 0 Å². The summed E-state index contributed by atoms with van der Waals surface area (Å²) in [4.78, 5) is 25.6. The van der Waals surface area contributed by atoms with Gasteiger partial charge in [-0.1, -0.05) is 52.3 Å². The summed E-state index contributed by atoms with van der Waals surface area (Å²) >= 11 is 3.39. The molecule has 0 bridgehead atoms. The van der Waals surface area contributed by atoms with Gasteiger partial charge in [0.15, 0.2) is 0 Å². The molecule has 1 aromatic rings. The van der Waals surface area contributed by atoms with Crippen LogP contribution in [0.4, 0.5) is 0 Å². The number of methoxy groups -OCH3 is 1. The molecule has 0 atom stereocenters. The van der Waals surface area contributed by atoms with Gasteiger partial charge >= 0.3 is 5.97 Å². The zero-order valence-electron chi connectivity index (χ0n) is 11.0. The normalized spacial score (nSPS) is 15.3. The van der Waals surface area contributed by atoms with Crippen LogP contribution in [0.3, 0.4) is 0 Å². The fourth-order valence-electron chi connectivity index (χ4n) is 1.90. The Morgan fingerprint density at radius 3 is 2.70 bits per heavy atom. The summed E-state index contributed by atoms with van der Waals surface area (Å²) in [7, 11) is 1.27. The Hall–Kier alpha value is -1.88. The summed E-state index contributed by atoms with van der Waals surface area (Å²) in [5, 5.41) is 0. The number of hydrogen-bond acceptors (Lipinski definition) is 3. The molecule has 0 spiro atoms. The van der Waals surface area contributed by atoms with Gasteiger partial charge in [-0.05, 0) is 12.0 Å². The summed E-state index contributed by atoms with van der Waals surface area (Å²) in [6, 6.07) is 9.60. The van der Waals surface area contributed by atoms with E-state index in [0.717, 1.165) is 10.0 Å². The van der Waals surface area contributed by atoms with Crippen LogP contribution < -0.4 is 0 Å². The van der Waals surface area contributed by atoms with E-state index in [-0.39, 0.29) is 11.5 Å². The number of carbonyl (C=O) groups is 2. The molecule has 2 rings (SSSR count). The van der Waals surface area contributed by atoms with E-state index in [1.807, 2.05) is 30.3 Å². The standard InChI is InChI=1S/C15H14BrNO3/c1-20-15(19)13-8-7-12(16)10-17(14(13)18)9-11-5-3-2-4-6-11/h2-6,8,10H,7,9H2,1H3. The minimum absolute atomic E-state index is 0.0640. The van der Waals surface area contributed by atoms with Crippen LogP contribution in [0, 0.1) is 0 Å². The maximum absolute atomic E-state index is 12.4. The van der Waals surface area contributed by atoms with E-state index in [9.17, 15) is 9.59 Å². The number of ether oxygens (including phenoxy) is 1. The Kier molecular flexibility index (Phi) is 4.74. The quantitative estimate of drug-likeness (QED) is 0.630. The zero-order chi connectivity index (χ0) is 14.5. The van der Waals surface area contributed by atoms with Crippen LogP contribution in [0.1, 0.15) is 12.0 Å². The minimum Gasteiger partial charge on any atom is -0.465 e. The SMILES string of the molecule is COC(=O)C1=CCC(Br)=CN(Cc2ccccc2)C1=O. The van der Waals surface area contributed by atoms with Crippen molar-refractivity contribution in [3.05, 3.63) is 58.2 Å². The van der Waals surface area contributed by atoms with E-state index in [0.29, 0.717) is 13.0 Å². The van der Waals surface area contributed by atoms with Crippen molar-refractivity contribution in [1.82, 2.24) is 4.90 Å². The maximum atomic E-state index is 12.4. The lowest BCUT2D eigenvalue weighted by molar-refractivity contribution is -0.139. The molecular formula is C15H14BrNO3. The molecular weight excluding hydrogens is 322 g/mol. The monoisotopic (exact) mass is 335 g/mol. The summed E-state index contributed by atoms with van der Waals surface area (Å²) in [5.41, 5.74) is 1.05. The summed E-state index contributed by atoms with van der Waals surface area (Å²) in [6.45, 7) is 0.406. The fraction of sp³-hybridized carbons (Fsp3) is 0.200. The number of esters is 1. The first-order valence-electron chi connectivity index (χ1n) is 6.11. The minimum atomic E-state index is -0.608. The molecule has 4 nitrogen and oxygen atoms in total. The number of benzene rings is 1. The highest BCUT2D eigenvalue weighted by molar-refractivity contribution is 9.11. The van der Waals surface area contributed by atoms with Crippen LogP contribution >= 0.6 is 15.9 Å². The molecule has 0 N–H and O–H groups in total. The second kappa shape index (κ2) is 6.52. The molecule has 1 aliphatic heterocycles. The van der Waals surface area contributed by atoms with Crippen molar-refractivity contribution in [2.45, 2.75) is 13.0 Å². The molecule has 0 fully saturated rings. The number of hydrogen-bond donors (Lipinski definition) is 0. The van der Waals surface area contributed by atoms with Crippen molar-refractivity contribution in [3.8, 4) is 0 Å². The van der Waals surface area contributed by atoms with Crippen LogP contribution in [0.25, 0.3) is 0 Å². The average Bonchev–Trinajstić information content (AvgIpc) is 2.59. The van der Waals surface area contributed by atoms with Crippen LogP contribution in [0.15, 0.2) is 52.7 Å². The van der Waals surface area contributed by atoms with E-state index >= 15 is 0 Å². The predicted molar refractivity (Wildman–Crippen MR) is 78.7 cm³/mol. The Balaban J connectivity index is 2.26. The Labute approximate surface area is 125 Å². The first-order valence-corrected chi connectivity index (χ1v) is 6.90. The van der Waals surface area contributed by atoms with E-state index in [4.69, 9.17) is 0 Å². The van der Waals surface area contributed by atoms with Gasteiger partial charge in [-0.3, -0.25) is 4.79 Å². The lowest BCUT2D eigenvalue weighted by atomic mass is 10.2. The van der Waals surface area contributed by atoms with Crippen molar-refractivity contribution in [2.75, 3.05) is 7.11 Å². The third-order valence-corrected chi connectivity index (χ3v) is 3.42. The molecule has 0 aromatic heterocycles.